The molecule has 0 saturated heterocycles. The van der Waals surface area contributed by atoms with Crippen LogP contribution in [0.4, 0.5) is 0 Å². The van der Waals surface area contributed by atoms with Crippen molar-refractivity contribution in [2.75, 3.05) is 0 Å². The van der Waals surface area contributed by atoms with E-state index < -0.39 is 0 Å². The van der Waals surface area contributed by atoms with Gasteiger partial charge in [-0.25, -0.2) is 0 Å². The predicted molar refractivity (Wildman–Crippen MR) is 74.9 cm³/mol. The van der Waals surface area contributed by atoms with Gasteiger partial charge in [-0.3, -0.25) is 4.98 Å². The fourth-order valence-electron chi connectivity index (χ4n) is 1.91. The maximum Gasteiger partial charge on any atom is 0.124 e. The first-order valence-corrected chi connectivity index (χ1v) is 6.38. The van der Waals surface area contributed by atoms with Crippen molar-refractivity contribution in [2.45, 2.75) is 20.3 Å². The molecule has 1 aromatic carbocycles. The van der Waals surface area contributed by atoms with Crippen LogP contribution in [0.15, 0.2) is 36.5 Å². The summed E-state index contributed by atoms with van der Waals surface area (Å²) in [5.74, 6) is 0.762. The van der Waals surface area contributed by atoms with Gasteiger partial charge in [0, 0.05) is 23.0 Å². The summed E-state index contributed by atoms with van der Waals surface area (Å²) >= 11 is 6.10. The maximum atomic E-state index is 9.85. The topological polar surface area (TPSA) is 33.1 Å². The summed E-state index contributed by atoms with van der Waals surface area (Å²) in [4.78, 5) is 4.41. The molecular formula is C15H16ClNO. The Hall–Kier alpha value is -1.54. The minimum atomic E-state index is 0.181. The highest BCUT2D eigenvalue weighted by molar-refractivity contribution is 6.33. The van der Waals surface area contributed by atoms with Crippen LogP contribution in [0.1, 0.15) is 19.5 Å². The summed E-state index contributed by atoms with van der Waals surface area (Å²) in [6.07, 6.45) is 2.72. The molecule has 0 aliphatic carbocycles. The number of pyridine rings is 1. The molecule has 0 spiro atoms. The number of aromatic nitrogens is 1. The number of rotatable bonds is 3. The summed E-state index contributed by atoms with van der Waals surface area (Å²) in [5.41, 5.74) is 2.54. The predicted octanol–water partition coefficient (Wildman–Crippen LogP) is 4.31. The van der Waals surface area contributed by atoms with E-state index in [9.17, 15) is 5.11 Å². The Morgan fingerprint density at radius 3 is 2.56 bits per heavy atom. The SMILES string of the molecule is CC(C)Cc1ccc(-c2c(O)cccc2Cl)cn1. The Morgan fingerprint density at radius 1 is 1.22 bits per heavy atom. The van der Waals surface area contributed by atoms with E-state index in [0.717, 1.165) is 17.7 Å². The van der Waals surface area contributed by atoms with Crippen molar-refractivity contribution in [1.82, 2.24) is 4.98 Å². The molecule has 1 aromatic heterocycles. The fraction of sp³-hybridized carbons (Fsp3) is 0.267. The fourth-order valence-corrected chi connectivity index (χ4v) is 2.19. The average Bonchev–Trinajstić information content (AvgIpc) is 2.30. The van der Waals surface area contributed by atoms with Gasteiger partial charge in [0.05, 0.1) is 5.02 Å². The maximum absolute atomic E-state index is 9.85. The van der Waals surface area contributed by atoms with Crippen LogP contribution in [0.25, 0.3) is 11.1 Å². The molecule has 0 aliphatic rings. The molecule has 0 radical (unpaired) electrons. The van der Waals surface area contributed by atoms with E-state index in [4.69, 9.17) is 11.6 Å². The molecule has 18 heavy (non-hydrogen) atoms. The van der Waals surface area contributed by atoms with Crippen molar-refractivity contribution in [3.8, 4) is 16.9 Å². The molecule has 0 fully saturated rings. The Balaban J connectivity index is 2.35. The normalized spacial score (nSPS) is 10.9. The minimum Gasteiger partial charge on any atom is -0.507 e. The van der Waals surface area contributed by atoms with Gasteiger partial charge in [-0.1, -0.05) is 37.6 Å². The molecule has 1 heterocycles. The Bertz CT molecular complexity index is 514. The zero-order chi connectivity index (χ0) is 13.1. The van der Waals surface area contributed by atoms with Gasteiger partial charge in [-0.15, -0.1) is 0 Å². The number of nitrogens with zero attached hydrogens (tertiary/aromatic N) is 1. The molecule has 0 amide bonds. The summed E-state index contributed by atoms with van der Waals surface area (Å²) in [6.45, 7) is 4.32. The monoisotopic (exact) mass is 261 g/mol. The number of phenolic OH excluding ortho intramolecular Hbond substituents is 1. The van der Waals surface area contributed by atoms with Crippen molar-refractivity contribution >= 4 is 11.6 Å². The average molecular weight is 262 g/mol. The van der Waals surface area contributed by atoms with Crippen molar-refractivity contribution in [3.05, 3.63) is 47.2 Å². The number of halogens is 1. The van der Waals surface area contributed by atoms with E-state index in [0.29, 0.717) is 16.5 Å². The third-order valence-electron chi connectivity index (χ3n) is 2.72. The molecule has 0 atom stereocenters. The summed E-state index contributed by atoms with van der Waals surface area (Å²) in [5, 5.41) is 10.4. The molecule has 3 heteroatoms. The van der Waals surface area contributed by atoms with Gasteiger partial charge in [0.25, 0.3) is 0 Å². The van der Waals surface area contributed by atoms with E-state index in [2.05, 4.69) is 18.8 Å². The van der Waals surface area contributed by atoms with Crippen LogP contribution in [0.2, 0.25) is 5.02 Å². The van der Waals surface area contributed by atoms with Crippen LogP contribution in [0.5, 0.6) is 5.75 Å². The summed E-state index contributed by atoms with van der Waals surface area (Å²) in [7, 11) is 0. The highest BCUT2D eigenvalue weighted by atomic mass is 35.5. The van der Waals surface area contributed by atoms with E-state index in [-0.39, 0.29) is 5.75 Å². The van der Waals surface area contributed by atoms with E-state index in [1.807, 2.05) is 12.1 Å². The smallest absolute Gasteiger partial charge is 0.124 e. The van der Waals surface area contributed by atoms with Crippen LogP contribution < -0.4 is 0 Å². The number of hydrogen-bond acceptors (Lipinski definition) is 2. The lowest BCUT2D eigenvalue weighted by Gasteiger charge is -2.08. The lowest BCUT2D eigenvalue weighted by Crippen LogP contribution is -1.96. The second kappa shape index (κ2) is 5.40. The number of aromatic hydroxyl groups is 1. The van der Waals surface area contributed by atoms with E-state index in [1.165, 1.54) is 0 Å². The Labute approximate surface area is 112 Å². The molecule has 2 rings (SSSR count). The van der Waals surface area contributed by atoms with E-state index in [1.54, 1.807) is 24.4 Å². The first-order chi connectivity index (χ1) is 8.58. The van der Waals surface area contributed by atoms with Crippen LogP contribution >= 0.6 is 11.6 Å². The van der Waals surface area contributed by atoms with Crippen molar-refractivity contribution in [1.29, 1.82) is 0 Å². The van der Waals surface area contributed by atoms with Crippen LogP contribution in [-0.2, 0) is 6.42 Å². The number of phenols is 1. The number of benzene rings is 1. The van der Waals surface area contributed by atoms with Crippen molar-refractivity contribution in [2.24, 2.45) is 5.92 Å². The quantitative estimate of drug-likeness (QED) is 0.893. The van der Waals surface area contributed by atoms with Crippen molar-refractivity contribution in [3.63, 3.8) is 0 Å². The third kappa shape index (κ3) is 2.82. The molecular weight excluding hydrogens is 246 g/mol. The first kappa shape index (κ1) is 12.9. The molecule has 2 nitrogen and oxygen atoms in total. The van der Waals surface area contributed by atoms with E-state index >= 15 is 0 Å². The molecule has 0 saturated carbocycles. The van der Waals surface area contributed by atoms with Gasteiger partial charge in [0.2, 0.25) is 0 Å². The Kier molecular flexibility index (Phi) is 3.87. The Morgan fingerprint density at radius 2 is 2.00 bits per heavy atom. The first-order valence-electron chi connectivity index (χ1n) is 6.00. The second-order valence-electron chi connectivity index (χ2n) is 4.77. The van der Waals surface area contributed by atoms with Gasteiger partial charge < -0.3 is 5.11 Å². The molecule has 0 bridgehead atoms. The lowest BCUT2D eigenvalue weighted by molar-refractivity contribution is 0.477. The van der Waals surface area contributed by atoms with Crippen molar-refractivity contribution < 1.29 is 5.11 Å². The van der Waals surface area contributed by atoms with Gasteiger partial charge >= 0.3 is 0 Å². The molecule has 2 aromatic rings. The standard InChI is InChI=1S/C15H16ClNO/c1-10(2)8-12-7-6-11(9-17-12)15-13(16)4-3-5-14(15)18/h3-7,9-10,18H,8H2,1-2H3. The molecule has 0 aliphatic heterocycles. The molecule has 1 N–H and O–H groups in total. The lowest BCUT2D eigenvalue weighted by atomic mass is 10.0. The van der Waals surface area contributed by atoms with Gasteiger partial charge in [-0.2, -0.15) is 0 Å². The largest absolute Gasteiger partial charge is 0.507 e. The van der Waals surface area contributed by atoms with Crippen LogP contribution in [0, 0.1) is 5.92 Å². The number of hydrogen-bond donors (Lipinski definition) is 1. The van der Waals surface area contributed by atoms with Crippen LogP contribution in [-0.4, -0.2) is 10.1 Å². The zero-order valence-electron chi connectivity index (χ0n) is 10.5. The highest BCUT2D eigenvalue weighted by Crippen LogP contribution is 2.35. The highest BCUT2D eigenvalue weighted by Gasteiger charge is 2.09. The van der Waals surface area contributed by atoms with Gasteiger partial charge in [0.1, 0.15) is 5.75 Å². The van der Waals surface area contributed by atoms with Gasteiger partial charge in [0.15, 0.2) is 0 Å². The molecule has 94 valence electrons. The van der Waals surface area contributed by atoms with Gasteiger partial charge in [-0.05, 0) is 30.5 Å². The minimum absolute atomic E-state index is 0.181. The summed E-state index contributed by atoms with van der Waals surface area (Å²) in [6, 6.07) is 9.05. The summed E-state index contributed by atoms with van der Waals surface area (Å²) < 4.78 is 0. The zero-order valence-corrected chi connectivity index (χ0v) is 11.3. The second-order valence-corrected chi connectivity index (χ2v) is 5.18. The van der Waals surface area contributed by atoms with Crippen LogP contribution in [0.3, 0.4) is 0 Å². The molecule has 0 unspecified atom stereocenters. The third-order valence-corrected chi connectivity index (χ3v) is 3.04.